The summed E-state index contributed by atoms with van der Waals surface area (Å²) in [5.74, 6) is 3.19. The molecule has 0 spiro atoms. The Balaban J connectivity index is 1.37. The molecule has 1 saturated heterocycles. The second-order valence-corrected chi connectivity index (χ2v) is 5.74. The van der Waals surface area contributed by atoms with E-state index in [9.17, 15) is 0 Å². The molecule has 8 nitrogen and oxygen atoms in total. The summed E-state index contributed by atoms with van der Waals surface area (Å²) in [6.45, 7) is 3.99. The largest absolute Gasteiger partial charge is 0.467 e. The van der Waals surface area contributed by atoms with Crippen molar-refractivity contribution in [2.75, 3.05) is 41.3 Å². The average Bonchev–Trinajstić information content (AvgIpc) is 3.21. The number of nitrogens with zero attached hydrogens (tertiary/aromatic N) is 6. The molecule has 4 rings (SSSR count). The lowest BCUT2D eigenvalue weighted by molar-refractivity contribution is 0.517. The molecule has 25 heavy (non-hydrogen) atoms. The molecule has 1 aliphatic heterocycles. The van der Waals surface area contributed by atoms with Gasteiger partial charge in [0.1, 0.15) is 11.6 Å². The lowest BCUT2D eigenvalue weighted by Gasteiger charge is -2.35. The molecular formula is C17H19N7O. The number of rotatable bonds is 5. The molecule has 8 heteroatoms. The Bertz CT molecular complexity index is 786. The Kier molecular flexibility index (Phi) is 4.40. The maximum absolute atomic E-state index is 5.31. The van der Waals surface area contributed by atoms with Gasteiger partial charge in [-0.2, -0.15) is 10.1 Å². The first kappa shape index (κ1) is 15.4. The Morgan fingerprint density at radius 1 is 1.04 bits per heavy atom. The molecule has 3 aromatic rings. The van der Waals surface area contributed by atoms with Crippen LogP contribution in [-0.2, 0) is 6.54 Å². The summed E-state index contributed by atoms with van der Waals surface area (Å²) in [6.07, 6.45) is 5.10. The highest BCUT2D eigenvalue weighted by molar-refractivity contribution is 5.43. The zero-order chi connectivity index (χ0) is 16.9. The fourth-order valence-electron chi connectivity index (χ4n) is 2.78. The first-order valence-electron chi connectivity index (χ1n) is 8.25. The van der Waals surface area contributed by atoms with Crippen LogP contribution < -0.4 is 15.1 Å². The summed E-state index contributed by atoms with van der Waals surface area (Å²) < 4.78 is 5.31. The third-order valence-corrected chi connectivity index (χ3v) is 4.11. The van der Waals surface area contributed by atoms with Crippen LogP contribution in [0.5, 0.6) is 0 Å². The summed E-state index contributed by atoms with van der Waals surface area (Å²) in [5.41, 5.74) is 0. The quantitative estimate of drug-likeness (QED) is 0.754. The summed E-state index contributed by atoms with van der Waals surface area (Å²) in [7, 11) is 0. The second kappa shape index (κ2) is 7.16. The number of pyridine rings is 1. The van der Waals surface area contributed by atoms with E-state index in [1.807, 2.05) is 36.5 Å². The van der Waals surface area contributed by atoms with Gasteiger partial charge in [-0.15, -0.1) is 5.10 Å². The van der Waals surface area contributed by atoms with E-state index in [2.05, 4.69) is 35.3 Å². The molecule has 0 aromatic carbocycles. The summed E-state index contributed by atoms with van der Waals surface area (Å²) in [4.78, 5) is 13.4. The van der Waals surface area contributed by atoms with E-state index >= 15 is 0 Å². The van der Waals surface area contributed by atoms with Crippen molar-refractivity contribution >= 4 is 17.6 Å². The van der Waals surface area contributed by atoms with Gasteiger partial charge in [0.05, 0.1) is 19.0 Å². The van der Waals surface area contributed by atoms with E-state index in [4.69, 9.17) is 4.42 Å². The van der Waals surface area contributed by atoms with Gasteiger partial charge in [0.2, 0.25) is 5.95 Å². The van der Waals surface area contributed by atoms with Gasteiger partial charge in [0, 0.05) is 32.4 Å². The highest BCUT2D eigenvalue weighted by Crippen LogP contribution is 2.16. The van der Waals surface area contributed by atoms with Gasteiger partial charge >= 0.3 is 0 Å². The average molecular weight is 337 g/mol. The summed E-state index contributed by atoms with van der Waals surface area (Å²) in [6, 6.07) is 9.75. The van der Waals surface area contributed by atoms with Crippen LogP contribution >= 0.6 is 0 Å². The first-order valence-corrected chi connectivity index (χ1v) is 8.25. The van der Waals surface area contributed by atoms with Crippen molar-refractivity contribution in [2.45, 2.75) is 6.54 Å². The van der Waals surface area contributed by atoms with Crippen LogP contribution in [0.25, 0.3) is 0 Å². The van der Waals surface area contributed by atoms with Gasteiger partial charge in [-0.1, -0.05) is 6.07 Å². The lowest BCUT2D eigenvalue weighted by Crippen LogP contribution is -2.47. The van der Waals surface area contributed by atoms with Gasteiger partial charge in [0.25, 0.3) is 0 Å². The van der Waals surface area contributed by atoms with E-state index < -0.39 is 0 Å². The van der Waals surface area contributed by atoms with Gasteiger partial charge in [-0.05, 0) is 24.3 Å². The zero-order valence-corrected chi connectivity index (χ0v) is 13.7. The van der Waals surface area contributed by atoms with Crippen molar-refractivity contribution in [3.8, 4) is 0 Å². The van der Waals surface area contributed by atoms with Gasteiger partial charge < -0.3 is 19.5 Å². The maximum Gasteiger partial charge on any atom is 0.247 e. The molecule has 1 N–H and O–H groups in total. The van der Waals surface area contributed by atoms with E-state index in [-0.39, 0.29) is 0 Å². The second-order valence-electron chi connectivity index (χ2n) is 5.74. The van der Waals surface area contributed by atoms with Crippen molar-refractivity contribution in [3.05, 3.63) is 54.7 Å². The van der Waals surface area contributed by atoms with E-state index in [0.29, 0.717) is 18.3 Å². The monoisotopic (exact) mass is 337 g/mol. The smallest absolute Gasteiger partial charge is 0.247 e. The number of hydrogen-bond acceptors (Lipinski definition) is 8. The number of piperazine rings is 1. The number of hydrogen-bond donors (Lipinski definition) is 1. The highest BCUT2D eigenvalue weighted by Gasteiger charge is 2.20. The molecule has 0 atom stereocenters. The van der Waals surface area contributed by atoms with Crippen molar-refractivity contribution in [1.82, 2.24) is 20.2 Å². The standard InChI is InChI=1S/C17H19N7O/c1-2-6-18-16(5-1)23-7-9-24(10-8-23)17-21-15(13-20-22-17)19-12-14-4-3-11-25-14/h1-6,11,13H,7-10,12H2,(H,19,21,22). The normalized spacial score (nSPS) is 14.6. The van der Waals surface area contributed by atoms with Crippen LogP contribution in [0.2, 0.25) is 0 Å². The molecule has 0 radical (unpaired) electrons. The molecule has 0 saturated carbocycles. The number of anilines is 3. The third kappa shape index (κ3) is 3.68. The Hall–Kier alpha value is -3.16. The van der Waals surface area contributed by atoms with E-state index in [1.54, 1.807) is 12.5 Å². The maximum atomic E-state index is 5.31. The summed E-state index contributed by atoms with van der Waals surface area (Å²) >= 11 is 0. The third-order valence-electron chi connectivity index (χ3n) is 4.11. The molecular weight excluding hydrogens is 318 g/mol. The minimum absolute atomic E-state index is 0.568. The molecule has 0 unspecified atom stereocenters. The molecule has 1 fully saturated rings. The van der Waals surface area contributed by atoms with Crippen molar-refractivity contribution in [2.24, 2.45) is 0 Å². The number of aromatic nitrogens is 4. The molecule has 0 amide bonds. The van der Waals surface area contributed by atoms with Crippen LogP contribution in [0, 0.1) is 0 Å². The van der Waals surface area contributed by atoms with Crippen molar-refractivity contribution in [1.29, 1.82) is 0 Å². The predicted molar refractivity (Wildman–Crippen MR) is 94.5 cm³/mol. The van der Waals surface area contributed by atoms with Crippen LogP contribution in [0.3, 0.4) is 0 Å². The molecule has 4 heterocycles. The molecule has 0 bridgehead atoms. The fourth-order valence-corrected chi connectivity index (χ4v) is 2.78. The molecule has 3 aromatic heterocycles. The van der Waals surface area contributed by atoms with Crippen molar-refractivity contribution < 1.29 is 4.42 Å². The SMILES string of the molecule is c1ccc(N2CCN(c3nncc(NCc4ccco4)n3)CC2)nc1. The van der Waals surface area contributed by atoms with Gasteiger partial charge in [0.15, 0.2) is 5.82 Å². The molecule has 1 aliphatic rings. The Labute approximate surface area is 145 Å². The first-order chi connectivity index (χ1) is 12.4. The highest BCUT2D eigenvalue weighted by atomic mass is 16.3. The zero-order valence-electron chi connectivity index (χ0n) is 13.7. The molecule has 0 aliphatic carbocycles. The van der Waals surface area contributed by atoms with Crippen LogP contribution in [0.1, 0.15) is 5.76 Å². The van der Waals surface area contributed by atoms with Crippen LogP contribution in [-0.4, -0.2) is 46.3 Å². The number of nitrogens with one attached hydrogen (secondary N) is 1. The number of furan rings is 1. The minimum atomic E-state index is 0.568. The topological polar surface area (TPSA) is 83.2 Å². The van der Waals surface area contributed by atoms with Gasteiger partial charge in [-0.3, -0.25) is 0 Å². The summed E-state index contributed by atoms with van der Waals surface area (Å²) in [5, 5.41) is 11.4. The van der Waals surface area contributed by atoms with Crippen molar-refractivity contribution in [3.63, 3.8) is 0 Å². The Morgan fingerprint density at radius 2 is 1.92 bits per heavy atom. The lowest BCUT2D eigenvalue weighted by atomic mass is 10.3. The fraction of sp³-hybridized carbons (Fsp3) is 0.294. The van der Waals surface area contributed by atoms with E-state index in [0.717, 1.165) is 37.8 Å². The van der Waals surface area contributed by atoms with Crippen LogP contribution in [0.4, 0.5) is 17.6 Å². The van der Waals surface area contributed by atoms with Crippen LogP contribution in [0.15, 0.2) is 53.4 Å². The minimum Gasteiger partial charge on any atom is -0.467 e. The molecule has 128 valence electrons. The van der Waals surface area contributed by atoms with E-state index in [1.165, 1.54) is 0 Å². The predicted octanol–water partition coefficient (Wildman–Crippen LogP) is 1.80. The Morgan fingerprint density at radius 3 is 2.68 bits per heavy atom. The van der Waals surface area contributed by atoms with Gasteiger partial charge in [-0.25, -0.2) is 4.98 Å².